The van der Waals surface area contributed by atoms with Gasteiger partial charge in [-0.1, -0.05) is 0 Å². The van der Waals surface area contributed by atoms with Crippen LogP contribution in [0, 0.1) is 10.1 Å². The molecule has 0 saturated carbocycles. The maximum Gasteiger partial charge on any atom is 0.436 e. The Morgan fingerprint density at radius 3 is 2.41 bits per heavy atom. The maximum atomic E-state index is 11.3. The average molecular weight is 304 g/mol. The number of aromatic nitrogens is 2. The van der Waals surface area contributed by atoms with Crippen molar-refractivity contribution in [3.05, 3.63) is 50.8 Å². The summed E-state index contributed by atoms with van der Waals surface area (Å²) in [6.07, 6.45) is 1.66. The Kier molecular flexibility index (Phi) is 3.66. The van der Waals surface area contributed by atoms with E-state index in [1.165, 1.54) is 16.8 Å². The van der Waals surface area contributed by atoms with E-state index < -0.39 is 10.7 Å². The molecule has 116 valence electrons. The van der Waals surface area contributed by atoms with E-state index in [2.05, 4.69) is 10.00 Å². The minimum Gasteiger partial charge on any atom is -0.392 e. The van der Waals surface area contributed by atoms with Crippen molar-refractivity contribution in [3.8, 4) is 0 Å². The third-order valence-electron chi connectivity index (χ3n) is 3.97. The minimum atomic E-state index is -0.437. The second-order valence-electron chi connectivity index (χ2n) is 5.36. The van der Waals surface area contributed by atoms with E-state index in [-0.39, 0.29) is 11.6 Å². The summed E-state index contributed by atoms with van der Waals surface area (Å²) in [6.45, 7) is 1.59. The fraction of sp³-hybridized carbons (Fsp3) is 0.429. The Morgan fingerprint density at radius 2 is 1.91 bits per heavy atom. The van der Waals surface area contributed by atoms with Crippen LogP contribution in [0.2, 0.25) is 0 Å². The zero-order valence-corrected chi connectivity index (χ0v) is 12.1. The number of hydrogen-bond donors (Lipinski definition) is 0. The number of nitro groups is 1. The summed E-state index contributed by atoms with van der Waals surface area (Å²) in [5.74, 6) is 0.201. The Balaban J connectivity index is 1.66. The second kappa shape index (κ2) is 5.63. The fourth-order valence-electron chi connectivity index (χ4n) is 2.70. The number of anilines is 1. The molecule has 8 heteroatoms. The van der Waals surface area contributed by atoms with Crippen molar-refractivity contribution >= 4 is 11.4 Å². The van der Waals surface area contributed by atoms with Gasteiger partial charge in [-0.3, -0.25) is 10.1 Å². The van der Waals surface area contributed by atoms with E-state index in [1.807, 2.05) is 0 Å². The Morgan fingerprint density at radius 1 is 1.27 bits per heavy atom. The zero-order valence-electron chi connectivity index (χ0n) is 12.1. The second-order valence-corrected chi connectivity index (χ2v) is 5.36. The van der Waals surface area contributed by atoms with Crippen LogP contribution >= 0.6 is 0 Å². The van der Waals surface area contributed by atoms with Gasteiger partial charge in [-0.15, -0.1) is 5.10 Å². The zero-order chi connectivity index (χ0) is 15.7. The van der Waals surface area contributed by atoms with Crippen LogP contribution in [0.1, 0.15) is 24.7 Å². The van der Waals surface area contributed by atoms with E-state index in [0.717, 1.165) is 31.6 Å². The molecule has 2 aromatic rings. The third kappa shape index (κ3) is 2.72. The molecule has 0 aliphatic carbocycles. The summed E-state index contributed by atoms with van der Waals surface area (Å²) in [5.41, 5.74) is 1.06. The first-order valence-electron chi connectivity index (χ1n) is 7.08. The third-order valence-corrected chi connectivity index (χ3v) is 3.97. The van der Waals surface area contributed by atoms with Gasteiger partial charge in [-0.2, -0.15) is 4.68 Å². The van der Waals surface area contributed by atoms with E-state index >= 15 is 0 Å². The molecule has 8 nitrogen and oxygen atoms in total. The minimum absolute atomic E-state index is 0.0916. The molecule has 1 aliphatic heterocycles. The van der Waals surface area contributed by atoms with Crippen molar-refractivity contribution in [2.45, 2.75) is 18.8 Å². The number of piperidine rings is 1. The molecule has 1 aromatic carbocycles. The van der Waals surface area contributed by atoms with Crippen LogP contribution < -0.4 is 10.7 Å². The molecule has 0 unspecified atom stereocenters. The number of nitrogens with zero attached hydrogens (tertiary/aromatic N) is 4. The molecule has 0 radical (unpaired) electrons. The lowest BCUT2D eigenvalue weighted by Gasteiger charge is -2.32. The van der Waals surface area contributed by atoms with Crippen LogP contribution in [-0.2, 0) is 7.05 Å². The van der Waals surface area contributed by atoms with Crippen molar-refractivity contribution < 1.29 is 9.34 Å². The van der Waals surface area contributed by atoms with Crippen LogP contribution in [-0.4, -0.2) is 27.8 Å². The normalized spacial score (nSPS) is 16.0. The van der Waals surface area contributed by atoms with E-state index in [9.17, 15) is 14.9 Å². The molecule has 0 spiro atoms. The quantitative estimate of drug-likeness (QED) is 0.632. The molecule has 0 amide bonds. The molecule has 0 bridgehead atoms. The fourth-order valence-corrected chi connectivity index (χ4v) is 2.70. The SMILES string of the molecule is Cn1nc(C2CCN(c3ccc([N+](=O)[O-])cc3)CC2)oc1=O. The first kappa shape index (κ1) is 14.3. The lowest BCUT2D eigenvalue weighted by Crippen LogP contribution is -2.32. The lowest BCUT2D eigenvalue weighted by atomic mass is 9.96. The predicted octanol–water partition coefficient (Wildman–Crippen LogP) is 1.67. The van der Waals surface area contributed by atoms with Gasteiger partial charge in [0.15, 0.2) is 0 Å². The first-order valence-corrected chi connectivity index (χ1v) is 7.08. The van der Waals surface area contributed by atoms with Gasteiger partial charge in [0.05, 0.1) is 4.92 Å². The predicted molar refractivity (Wildman–Crippen MR) is 79.0 cm³/mol. The molecule has 22 heavy (non-hydrogen) atoms. The summed E-state index contributed by atoms with van der Waals surface area (Å²) in [4.78, 5) is 23.8. The standard InChI is InChI=1S/C14H16N4O4/c1-16-14(19)22-13(15-16)10-6-8-17(9-7-10)11-2-4-12(5-3-11)18(20)21/h2-5,10H,6-9H2,1H3. The topological polar surface area (TPSA) is 94.4 Å². The van der Waals surface area contributed by atoms with Gasteiger partial charge in [0.25, 0.3) is 5.69 Å². The number of rotatable bonds is 3. The number of aryl methyl sites for hydroxylation is 1. The van der Waals surface area contributed by atoms with Crippen molar-refractivity contribution in [1.29, 1.82) is 0 Å². The van der Waals surface area contributed by atoms with Gasteiger partial charge >= 0.3 is 5.76 Å². The van der Waals surface area contributed by atoms with Crippen molar-refractivity contribution in [2.24, 2.45) is 7.05 Å². The van der Waals surface area contributed by atoms with Crippen molar-refractivity contribution in [3.63, 3.8) is 0 Å². The van der Waals surface area contributed by atoms with Gasteiger partial charge in [0.1, 0.15) is 0 Å². The van der Waals surface area contributed by atoms with Gasteiger partial charge < -0.3 is 9.32 Å². The summed E-state index contributed by atoms with van der Waals surface area (Å²) in [6, 6.07) is 6.55. The molecule has 0 atom stereocenters. The summed E-state index contributed by atoms with van der Waals surface area (Å²) in [7, 11) is 1.57. The van der Waals surface area contributed by atoms with Gasteiger partial charge in [-0.05, 0) is 25.0 Å². The Labute approximate surface area is 126 Å². The molecule has 1 aromatic heterocycles. The van der Waals surface area contributed by atoms with Crippen LogP contribution in [0.15, 0.2) is 33.5 Å². The van der Waals surface area contributed by atoms with Gasteiger partial charge in [0.2, 0.25) is 5.89 Å². The first-order chi connectivity index (χ1) is 10.5. The highest BCUT2D eigenvalue weighted by molar-refractivity contribution is 5.51. The van der Waals surface area contributed by atoms with Crippen molar-refractivity contribution in [1.82, 2.24) is 9.78 Å². The number of nitro benzene ring substituents is 1. The highest BCUT2D eigenvalue weighted by Crippen LogP contribution is 2.29. The molecule has 3 rings (SSSR count). The van der Waals surface area contributed by atoms with Gasteiger partial charge in [-0.25, -0.2) is 4.79 Å². The molecular weight excluding hydrogens is 288 g/mol. The van der Waals surface area contributed by atoms with Gasteiger partial charge in [0, 0.05) is 43.9 Å². The number of non-ortho nitro benzene ring substituents is 1. The molecule has 0 N–H and O–H groups in total. The monoisotopic (exact) mass is 304 g/mol. The van der Waals surface area contributed by atoms with E-state index in [1.54, 1.807) is 19.2 Å². The highest BCUT2D eigenvalue weighted by Gasteiger charge is 2.25. The number of benzene rings is 1. The molecule has 1 fully saturated rings. The van der Waals surface area contributed by atoms with E-state index in [0.29, 0.717) is 5.89 Å². The summed E-state index contributed by atoms with van der Waals surface area (Å²) in [5, 5.41) is 14.8. The molecule has 1 aliphatic rings. The van der Waals surface area contributed by atoms with Crippen LogP contribution in [0.3, 0.4) is 0 Å². The van der Waals surface area contributed by atoms with Crippen molar-refractivity contribution in [2.75, 3.05) is 18.0 Å². The average Bonchev–Trinajstić information content (AvgIpc) is 2.87. The highest BCUT2D eigenvalue weighted by atomic mass is 16.6. The molecular formula is C14H16N4O4. The smallest absolute Gasteiger partial charge is 0.392 e. The molecule has 1 saturated heterocycles. The molecule has 2 heterocycles. The number of hydrogen-bond acceptors (Lipinski definition) is 6. The lowest BCUT2D eigenvalue weighted by molar-refractivity contribution is -0.384. The maximum absolute atomic E-state index is 11.3. The van der Waals surface area contributed by atoms with E-state index in [4.69, 9.17) is 4.42 Å². The summed E-state index contributed by atoms with van der Waals surface area (Å²) >= 11 is 0. The Hall–Kier alpha value is -2.64. The Bertz CT molecular complexity index is 726. The van der Waals surface area contributed by atoms with Crippen LogP contribution in [0.4, 0.5) is 11.4 Å². The van der Waals surface area contributed by atoms with Crippen LogP contribution in [0.5, 0.6) is 0 Å². The largest absolute Gasteiger partial charge is 0.436 e. The van der Waals surface area contributed by atoms with Crippen LogP contribution in [0.25, 0.3) is 0 Å². The summed E-state index contributed by atoms with van der Waals surface area (Å²) < 4.78 is 6.35.